The van der Waals surface area contributed by atoms with Gasteiger partial charge >= 0.3 is 5.97 Å². The zero-order valence-corrected chi connectivity index (χ0v) is 26.9. The van der Waals surface area contributed by atoms with Crippen molar-refractivity contribution >= 4 is 40.8 Å². The number of amides is 1. The second-order valence-corrected chi connectivity index (χ2v) is 14.4. The average Bonchev–Trinajstić information content (AvgIpc) is 3.16. The first-order chi connectivity index (χ1) is 19.6. The molecule has 2 aromatic carbocycles. The molecule has 228 valence electrons. The number of benzene rings is 2. The van der Waals surface area contributed by atoms with Gasteiger partial charge in [0.2, 0.25) is 0 Å². The Hall–Kier alpha value is -2.45. The zero-order chi connectivity index (χ0) is 30.9. The second kappa shape index (κ2) is 12.7. The molecule has 2 aliphatic rings. The molecule has 9 heteroatoms. The number of carboxylic acid groups (broad SMARTS) is 1. The molecule has 1 saturated carbocycles. The minimum absolute atomic E-state index is 0.0575. The molecule has 1 spiro atoms. The summed E-state index contributed by atoms with van der Waals surface area (Å²) in [7, 11) is 0. The highest BCUT2D eigenvalue weighted by molar-refractivity contribution is 6.47. The minimum Gasteiger partial charge on any atom is -0.478 e. The van der Waals surface area contributed by atoms with Crippen molar-refractivity contribution in [3.05, 3.63) is 69.2 Å². The average molecular weight is 618 g/mol. The van der Waals surface area contributed by atoms with E-state index in [-0.39, 0.29) is 28.6 Å². The molecule has 7 nitrogen and oxygen atoms in total. The Bertz CT molecular complexity index is 1300. The molecule has 0 aromatic heterocycles. The van der Waals surface area contributed by atoms with Crippen LogP contribution in [0.4, 0.5) is 0 Å². The monoisotopic (exact) mass is 616 g/mol. The normalized spacial score (nSPS) is 22.0. The van der Waals surface area contributed by atoms with Crippen molar-refractivity contribution in [2.75, 3.05) is 13.2 Å². The van der Waals surface area contributed by atoms with Crippen molar-refractivity contribution in [3.63, 3.8) is 0 Å². The maximum atomic E-state index is 14.4. The number of halogens is 2. The Kier molecular flexibility index (Phi) is 9.78. The minimum atomic E-state index is -1.00. The maximum Gasteiger partial charge on any atom is 0.335 e. The molecule has 1 amide bonds. The van der Waals surface area contributed by atoms with Gasteiger partial charge in [-0.05, 0) is 94.2 Å². The molecule has 2 aromatic rings. The van der Waals surface area contributed by atoms with Gasteiger partial charge in [0, 0.05) is 22.2 Å². The lowest BCUT2D eigenvalue weighted by Crippen LogP contribution is -2.51. The third kappa shape index (κ3) is 7.93. The van der Waals surface area contributed by atoms with E-state index in [4.69, 9.17) is 37.7 Å². The van der Waals surface area contributed by atoms with Gasteiger partial charge < -0.3 is 19.5 Å². The molecule has 1 fully saturated rings. The molecule has 4 rings (SSSR count). The van der Waals surface area contributed by atoms with Crippen LogP contribution in [-0.4, -0.2) is 58.2 Å². The highest BCUT2D eigenvalue weighted by atomic mass is 35.5. The first kappa shape index (κ1) is 32.5. The number of hydrogen-bond donors (Lipinski definition) is 1. The summed E-state index contributed by atoms with van der Waals surface area (Å²) in [6.45, 7) is 13.5. The van der Waals surface area contributed by atoms with Crippen LogP contribution in [0.5, 0.6) is 0 Å². The molecule has 1 aliphatic carbocycles. The van der Waals surface area contributed by atoms with Crippen LogP contribution in [0, 0.1) is 5.41 Å². The van der Waals surface area contributed by atoms with E-state index in [0.29, 0.717) is 53.8 Å². The van der Waals surface area contributed by atoms with Gasteiger partial charge in [0.15, 0.2) is 0 Å². The quantitative estimate of drug-likeness (QED) is 0.308. The number of hydrogen-bond acceptors (Lipinski definition) is 5. The predicted molar refractivity (Wildman–Crippen MR) is 167 cm³/mol. The molecule has 1 aliphatic heterocycles. The summed E-state index contributed by atoms with van der Waals surface area (Å²) in [5.74, 6) is -1.20. The summed E-state index contributed by atoms with van der Waals surface area (Å²) in [5.41, 5.74) is 0.841. The number of aromatic carboxylic acids is 1. The summed E-state index contributed by atoms with van der Waals surface area (Å²) < 4.78 is 12.4. The van der Waals surface area contributed by atoms with Crippen LogP contribution in [0.15, 0.2) is 47.5 Å². The number of carbonyl (C=O) groups is 2. The van der Waals surface area contributed by atoms with Gasteiger partial charge in [0.1, 0.15) is 11.4 Å². The third-order valence-electron chi connectivity index (χ3n) is 7.59. The maximum absolute atomic E-state index is 14.4. The van der Waals surface area contributed by atoms with E-state index in [0.717, 1.165) is 18.4 Å². The highest BCUT2D eigenvalue weighted by Gasteiger charge is 2.52. The fourth-order valence-electron chi connectivity index (χ4n) is 5.63. The van der Waals surface area contributed by atoms with Crippen LogP contribution in [0.25, 0.3) is 0 Å². The van der Waals surface area contributed by atoms with Crippen molar-refractivity contribution in [1.29, 1.82) is 0 Å². The Morgan fingerprint density at radius 1 is 1.05 bits per heavy atom. The fraction of sp³-hybridized carbons (Fsp3) is 0.545. The van der Waals surface area contributed by atoms with E-state index >= 15 is 0 Å². The largest absolute Gasteiger partial charge is 0.478 e. The van der Waals surface area contributed by atoms with Crippen molar-refractivity contribution in [2.45, 2.75) is 97.1 Å². The van der Waals surface area contributed by atoms with Crippen molar-refractivity contribution in [1.82, 2.24) is 4.90 Å². The number of nitrogens with zero attached hydrogens (tertiary/aromatic N) is 2. The summed E-state index contributed by atoms with van der Waals surface area (Å²) >= 11 is 12.7. The predicted octanol–water partition coefficient (Wildman–Crippen LogP) is 7.97. The molecular weight excluding hydrogens is 575 g/mol. The van der Waals surface area contributed by atoms with E-state index in [1.165, 1.54) is 0 Å². The first-order valence-electron chi connectivity index (χ1n) is 14.6. The molecule has 1 atom stereocenters. The van der Waals surface area contributed by atoms with Crippen LogP contribution in [-0.2, 0) is 14.3 Å². The van der Waals surface area contributed by atoms with Crippen molar-refractivity contribution < 1.29 is 24.2 Å². The summed E-state index contributed by atoms with van der Waals surface area (Å²) in [5, 5.41) is 10.3. The van der Waals surface area contributed by atoms with Gasteiger partial charge in [-0.3, -0.25) is 9.79 Å². The molecule has 42 heavy (non-hydrogen) atoms. The Labute approximate surface area is 259 Å². The van der Waals surface area contributed by atoms with Crippen LogP contribution < -0.4 is 0 Å². The molecule has 0 saturated heterocycles. The van der Waals surface area contributed by atoms with E-state index < -0.39 is 17.7 Å². The molecule has 1 N–H and O–H groups in total. The molecule has 0 radical (unpaired) electrons. The molecule has 0 unspecified atom stereocenters. The van der Waals surface area contributed by atoms with E-state index in [1.807, 2.05) is 25.7 Å². The summed E-state index contributed by atoms with van der Waals surface area (Å²) in [4.78, 5) is 33.1. The van der Waals surface area contributed by atoms with Crippen molar-refractivity contribution in [2.24, 2.45) is 10.4 Å². The number of carboxylic acids is 1. The van der Waals surface area contributed by atoms with Crippen LogP contribution in [0.1, 0.15) is 101 Å². The Balaban J connectivity index is 1.74. The fourth-order valence-corrected chi connectivity index (χ4v) is 6.16. The SMILES string of the molecule is CC(C)(C)COC1CCC2(CC1)N=C(c1cc(Cl)cc(Cl)c1)C(=O)N2[C@H](CCOC(C)(C)C)c1ccc(C(=O)O)cc1. The Morgan fingerprint density at radius 2 is 1.64 bits per heavy atom. The third-order valence-corrected chi connectivity index (χ3v) is 8.03. The molecule has 1 heterocycles. The molecular formula is C33H42Cl2N2O5. The van der Waals surface area contributed by atoms with Gasteiger partial charge in [-0.15, -0.1) is 0 Å². The zero-order valence-electron chi connectivity index (χ0n) is 25.4. The van der Waals surface area contributed by atoms with Crippen molar-refractivity contribution in [3.8, 4) is 0 Å². The van der Waals surface area contributed by atoms with E-state index in [1.54, 1.807) is 42.5 Å². The van der Waals surface area contributed by atoms with Gasteiger partial charge in [-0.2, -0.15) is 0 Å². The number of rotatable bonds is 9. The van der Waals surface area contributed by atoms with Gasteiger partial charge in [-0.25, -0.2) is 4.79 Å². The highest BCUT2D eigenvalue weighted by Crippen LogP contribution is 2.46. The summed E-state index contributed by atoms with van der Waals surface area (Å²) in [6, 6.07) is 11.4. The number of carbonyl (C=O) groups excluding carboxylic acids is 1. The van der Waals surface area contributed by atoms with Gasteiger partial charge in [0.05, 0.1) is 29.9 Å². The number of ether oxygens (including phenoxy) is 2. The standard InChI is InChI=1S/C33H42Cl2N2O5/c1-31(2,3)20-41-26-11-14-33(15-12-26)36-28(23-17-24(34)19-25(35)18-23)29(38)37(33)27(13-16-42-32(4,5)6)21-7-9-22(10-8-21)30(39)40/h7-10,17-19,26-27H,11-16,20H2,1-6H3,(H,39,40)/t26?,27-,33?/m1/s1. The smallest absolute Gasteiger partial charge is 0.335 e. The number of aliphatic imine (C=N–C) groups is 1. The van der Waals surface area contributed by atoms with E-state index in [9.17, 15) is 14.7 Å². The summed E-state index contributed by atoms with van der Waals surface area (Å²) in [6.07, 6.45) is 3.39. The lowest BCUT2D eigenvalue weighted by molar-refractivity contribution is -0.135. The van der Waals surface area contributed by atoms with E-state index in [2.05, 4.69) is 20.8 Å². The lowest BCUT2D eigenvalue weighted by Gasteiger charge is -2.45. The lowest BCUT2D eigenvalue weighted by atomic mass is 9.84. The van der Waals surface area contributed by atoms with Gasteiger partial charge in [0.25, 0.3) is 5.91 Å². The topological polar surface area (TPSA) is 88.4 Å². The first-order valence-corrected chi connectivity index (χ1v) is 15.3. The second-order valence-electron chi connectivity index (χ2n) is 13.5. The molecule has 0 bridgehead atoms. The van der Waals surface area contributed by atoms with Gasteiger partial charge in [-0.1, -0.05) is 56.1 Å². The Morgan fingerprint density at radius 3 is 2.17 bits per heavy atom. The van der Waals surface area contributed by atoms with Crippen LogP contribution >= 0.6 is 23.2 Å². The van der Waals surface area contributed by atoms with Crippen LogP contribution in [0.2, 0.25) is 10.0 Å². The van der Waals surface area contributed by atoms with Crippen LogP contribution in [0.3, 0.4) is 0 Å².